The van der Waals surface area contributed by atoms with Crippen molar-refractivity contribution in [2.45, 2.75) is 32.9 Å². The number of amides is 1. The van der Waals surface area contributed by atoms with Gasteiger partial charge in [-0.05, 0) is 32.9 Å². The summed E-state index contributed by atoms with van der Waals surface area (Å²) in [6, 6.07) is 9.15. The number of methoxy groups -OCH3 is 1. The van der Waals surface area contributed by atoms with E-state index in [2.05, 4.69) is 9.72 Å². The van der Waals surface area contributed by atoms with E-state index in [9.17, 15) is 9.59 Å². The van der Waals surface area contributed by atoms with Gasteiger partial charge in [-0.15, -0.1) is 11.3 Å². The number of carbonyl (C=O) groups excluding carboxylic acids is 2. The Hall–Kier alpha value is -2.21. The number of benzene rings is 1. The third-order valence-corrected chi connectivity index (χ3v) is 4.15. The van der Waals surface area contributed by atoms with Crippen LogP contribution in [-0.4, -0.2) is 34.4 Å². The molecule has 5 nitrogen and oxygen atoms in total. The Balaban J connectivity index is 2.25. The van der Waals surface area contributed by atoms with Gasteiger partial charge in [0.25, 0.3) is 5.91 Å². The Labute approximate surface area is 139 Å². The van der Waals surface area contributed by atoms with E-state index in [1.54, 1.807) is 22.4 Å². The Morgan fingerprint density at radius 1 is 1.22 bits per heavy atom. The molecule has 2 rings (SSSR count). The topological polar surface area (TPSA) is 59.5 Å². The summed E-state index contributed by atoms with van der Waals surface area (Å²) < 4.78 is 4.66. The molecule has 0 saturated carbocycles. The molecule has 0 saturated heterocycles. The Bertz CT molecular complexity index is 689. The smallest absolute Gasteiger partial charge is 0.357 e. The minimum absolute atomic E-state index is 0.0621. The molecule has 0 unspecified atom stereocenters. The largest absolute Gasteiger partial charge is 0.464 e. The van der Waals surface area contributed by atoms with Crippen molar-refractivity contribution in [3.8, 4) is 0 Å². The van der Waals surface area contributed by atoms with E-state index in [0.29, 0.717) is 17.1 Å². The third kappa shape index (κ3) is 4.16. The van der Waals surface area contributed by atoms with E-state index in [1.165, 1.54) is 18.4 Å². The summed E-state index contributed by atoms with van der Waals surface area (Å²) in [5.74, 6) is -0.530. The van der Waals surface area contributed by atoms with Crippen LogP contribution in [0.4, 0.5) is 0 Å². The summed E-state index contributed by atoms with van der Waals surface area (Å²) in [6.45, 7) is 6.27. The first-order valence-electron chi connectivity index (χ1n) is 7.22. The lowest BCUT2D eigenvalue weighted by Crippen LogP contribution is -2.45. The van der Waals surface area contributed by atoms with Gasteiger partial charge in [0.2, 0.25) is 0 Å². The van der Waals surface area contributed by atoms with Gasteiger partial charge in [0.05, 0.1) is 13.7 Å². The predicted octanol–water partition coefficient (Wildman–Crippen LogP) is 3.37. The van der Waals surface area contributed by atoms with Crippen molar-refractivity contribution >= 4 is 23.2 Å². The zero-order chi connectivity index (χ0) is 17.0. The predicted molar refractivity (Wildman–Crippen MR) is 89.5 cm³/mol. The fraction of sp³-hybridized carbons (Fsp3) is 0.353. The second-order valence-electron chi connectivity index (χ2n) is 6.05. The number of rotatable bonds is 4. The Kier molecular flexibility index (Phi) is 5.15. The molecule has 23 heavy (non-hydrogen) atoms. The fourth-order valence-electron chi connectivity index (χ4n) is 2.07. The van der Waals surface area contributed by atoms with Crippen molar-refractivity contribution in [2.24, 2.45) is 0 Å². The second kappa shape index (κ2) is 6.91. The molecule has 1 aromatic carbocycles. The van der Waals surface area contributed by atoms with Crippen molar-refractivity contribution in [1.29, 1.82) is 0 Å². The molecule has 0 N–H and O–H groups in total. The molecule has 122 valence electrons. The van der Waals surface area contributed by atoms with Gasteiger partial charge in [0, 0.05) is 16.5 Å². The molecule has 0 spiro atoms. The van der Waals surface area contributed by atoms with Gasteiger partial charge in [0.1, 0.15) is 5.01 Å². The summed E-state index contributed by atoms with van der Waals surface area (Å²) in [7, 11) is 1.32. The van der Waals surface area contributed by atoms with Gasteiger partial charge in [-0.3, -0.25) is 4.79 Å². The summed E-state index contributed by atoms with van der Waals surface area (Å²) in [5.41, 5.74) is 0.532. The van der Waals surface area contributed by atoms with Gasteiger partial charge in [-0.25, -0.2) is 9.78 Å². The average molecular weight is 332 g/mol. The maximum atomic E-state index is 12.8. The van der Waals surface area contributed by atoms with Crippen LogP contribution >= 0.6 is 11.3 Å². The number of aromatic nitrogens is 1. The highest BCUT2D eigenvalue weighted by Crippen LogP contribution is 2.22. The molecule has 1 amide bonds. The van der Waals surface area contributed by atoms with Crippen LogP contribution in [0.5, 0.6) is 0 Å². The highest BCUT2D eigenvalue weighted by atomic mass is 32.1. The van der Waals surface area contributed by atoms with Crippen LogP contribution in [0.1, 0.15) is 46.6 Å². The molecule has 0 aliphatic rings. The number of carbonyl (C=O) groups is 2. The van der Waals surface area contributed by atoms with Gasteiger partial charge >= 0.3 is 5.97 Å². The highest BCUT2D eigenvalue weighted by Gasteiger charge is 2.28. The van der Waals surface area contributed by atoms with Crippen LogP contribution in [-0.2, 0) is 11.3 Å². The van der Waals surface area contributed by atoms with Crippen molar-refractivity contribution in [3.05, 3.63) is 52.0 Å². The number of hydrogen-bond donors (Lipinski definition) is 0. The van der Waals surface area contributed by atoms with Crippen LogP contribution in [0.25, 0.3) is 0 Å². The van der Waals surface area contributed by atoms with E-state index in [4.69, 9.17) is 0 Å². The van der Waals surface area contributed by atoms with E-state index < -0.39 is 5.97 Å². The Morgan fingerprint density at radius 3 is 2.43 bits per heavy atom. The molecule has 2 aromatic rings. The molecule has 6 heteroatoms. The lowest BCUT2D eigenvalue weighted by Gasteiger charge is -2.35. The maximum absolute atomic E-state index is 12.8. The quantitative estimate of drug-likeness (QED) is 0.806. The zero-order valence-corrected chi connectivity index (χ0v) is 14.5. The SMILES string of the molecule is COC(=O)c1csc(CN(C(=O)c2ccccc2)C(C)(C)C)n1. The summed E-state index contributed by atoms with van der Waals surface area (Å²) in [5, 5.41) is 2.35. The lowest BCUT2D eigenvalue weighted by atomic mass is 10.0. The number of esters is 1. The second-order valence-corrected chi connectivity index (χ2v) is 6.99. The fourth-order valence-corrected chi connectivity index (χ4v) is 2.82. The standard InChI is InChI=1S/C17H20N2O3S/c1-17(2,3)19(15(20)12-8-6-5-7-9-12)10-14-18-13(11-23-14)16(21)22-4/h5-9,11H,10H2,1-4H3. The number of ether oxygens (including phenoxy) is 1. The number of nitrogens with zero attached hydrogens (tertiary/aromatic N) is 2. The number of thiazole rings is 1. The molecule has 1 aromatic heterocycles. The van der Waals surface area contributed by atoms with Crippen molar-refractivity contribution < 1.29 is 14.3 Å². The zero-order valence-electron chi connectivity index (χ0n) is 13.7. The normalized spacial score (nSPS) is 11.1. The number of hydrogen-bond acceptors (Lipinski definition) is 5. The summed E-state index contributed by atoms with van der Waals surface area (Å²) in [6.07, 6.45) is 0. The molecule has 0 fully saturated rings. The van der Waals surface area contributed by atoms with Gasteiger partial charge in [-0.1, -0.05) is 18.2 Å². The highest BCUT2D eigenvalue weighted by molar-refractivity contribution is 7.09. The first-order chi connectivity index (χ1) is 10.8. The minimum Gasteiger partial charge on any atom is -0.464 e. The van der Waals surface area contributed by atoms with E-state index in [0.717, 1.165) is 0 Å². The first-order valence-corrected chi connectivity index (χ1v) is 8.10. The minimum atomic E-state index is -0.468. The molecular formula is C17H20N2O3S. The molecule has 0 atom stereocenters. The van der Waals surface area contributed by atoms with Crippen molar-refractivity contribution in [2.75, 3.05) is 7.11 Å². The van der Waals surface area contributed by atoms with Crippen LogP contribution in [0.2, 0.25) is 0 Å². The third-order valence-electron chi connectivity index (χ3n) is 3.32. The maximum Gasteiger partial charge on any atom is 0.357 e. The monoisotopic (exact) mass is 332 g/mol. The molecular weight excluding hydrogens is 312 g/mol. The van der Waals surface area contributed by atoms with Gasteiger partial charge < -0.3 is 9.64 Å². The van der Waals surface area contributed by atoms with Crippen LogP contribution in [0.3, 0.4) is 0 Å². The molecule has 0 bridgehead atoms. The average Bonchev–Trinajstić information content (AvgIpc) is 2.99. The van der Waals surface area contributed by atoms with E-state index in [1.807, 2.05) is 39.0 Å². The first kappa shape index (κ1) is 17.1. The van der Waals surface area contributed by atoms with Gasteiger partial charge in [-0.2, -0.15) is 0 Å². The Morgan fingerprint density at radius 2 is 1.87 bits per heavy atom. The van der Waals surface area contributed by atoms with E-state index in [-0.39, 0.29) is 17.1 Å². The lowest BCUT2D eigenvalue weighted by molar-refractivity contribution is 0.0558. The molecule has 0 aliphatic heterocycles. The van der Waals surface area contributed by atoms with Crippen LogP contribution < -0.4 is 0 Å². The summed E-state index contributed by atoms with van der Waals surface area (Å²) in [4.78, 5) is 30.3. The summed E-state index contributed by atoms with van der Waals surface area (Å²) >= 11 is 1.34. The molecule has 0 aliphatic carbocycles. The van der Waals surface area contributed by atoms with Crippen LogP contribution in [0.15, 0.2) is 35.7 Å². The van der Waals surface area contributed by atoms with Crippen LogP contribution in [0, 0.1) is 0 Å². The van der Waals surface area contributed by atoms with E-state index >= 15 is 0 Å². The van der Waals surface area contributed by atoms with Crippen molar-refractivity contribution in [1.82, 2.24) is 9.88 Å². The molecule has 0 radical (unpaired) electrons. The van der Waals surface area contributed by atoms with Gasteiger partial charge in [0.15, 0.2) is 5.69 Å². The van der Waals surface area contributed by atoms with Crippen molar-refractivity contribution in [3.63, 3.8) is 0 Å². The molecule has 1 heterocycles.